The molecule has 10 heteroatoms. The van der Waals surface area contributed by atoms with Gasteiger partial charge in [-0.05, 0) is 39.3 Å². The van der Waals surface area contributed by atoms with Gasteiger partial charge in [-0.3, -0.25) is 19.3 Å². The van der Waals surface area contributed by atoms with E-state index in [-0.39, 0.29) is 19.0 Å². The fourth-order valence-electron chi connectivity index (χ4n) is 3.25. The van der Waals surface area contributed by atoms with Crippen LogP contribution in [-0.4, -0.2) is 89.2 Å². The molecule has 0 bridgehead atoms. The van der Waals surface area contributed by atoms with Crippen LogP contribution in [0.25, 0.3) is 0 Å². The molecule has 1 amide bonds. The van der Waals surface area contributed by atoms with Crippen molar-refractivity contribution in [1.29, 1.82) is 0 Å². The molecule has 2 fully saturated rings. The van der Waals surface area contributed by atoms with Crippen LogP contribution in [0.15, 0.2) is 11.6 Å². The van der Waals surface area contributed by atoms with Gasteiger partial charge in [0.2, 0.25) is 5.91 Å². The first kappa shape index (κ1) is 22.8. The zero-order valence-electron chi connectivity index (χ0n) is 15.6. The lowest BCUT2D eigenvalue weighted by Crippen LogP contribution is -2.47. The monoisotopic (exact) mass is 400 g/mol. The van der Waals surface area contributed by atoms with Gasteiger partial charge in [-0.1, -0.05) is 0 Å². The van der Waals surface area contributed by atoms with Crippen LogP contribution < -0.4 is 4.90 Å². The predicted octanol–water partition coefficient (Wildman–Crippen LogP) is 1.07. The molecule has 1 aromatic heterocycles. The second-order valence-corrected chi connectivity index (χ2v) is 6.98. The first-order valence-electron chi connectivity index (χ1n) is 8.92. The maximum absolute atomic E-state index is 12.7. The van der Waals surface area contributed by atoms with Gasteiger partial charge < -0.3 is 20.0 Å². The fourth-order valence-corrected chi connectivity index (χ4v) is 3.95. The van der Waals surface area contributed by atoms with Crippen LogP contribution in [0.1, 0.15) is 26.2 Å². The van der Waals surface area contributed by atoms with Crippen LogP contribution in [0.4, 0.5) is 5.13 Å². The van der Waals surface area contributed by atoms with E-state index in [4.69, 9.17) is 19.8 Å². The van der Waals surface area contributed by atoms with E-state index in [0.717, 1.165) is 50.8 Å². The fraction of sp³-hybridized carbons (Fsp3) is 0.647. The average Bonchev–Trinajstić information content (AvgIpc) is 3.33. The average molecular weight is 401 g/mol. The van der Waals surface area contributed by atoms with E-state index in [2.05, 4.69) is 26.6 Å². The normalized spacial score (nSPS) is 18.3. The van der Waals surface area contributed by atoms with Crippen molar-refractivity contribution >= 4 is 35.3 Å². The molecule has 0 radical (unpaired) electrons. The highest BCUT2D eigenvalue weighted by Gasteiger charge is 2.29. The number of carbonyl (C=O) groups is 3. The molecule has 3 rings (SSSR count). The summed E-state index contributed by atoms with van der Waals surface area (Å²) in [6, 6.07) is 0.0407. The van der Waals surface area contributed by atoms with Gasteiger partial charge in [0, 0.05) is 37.8 Å². The summed E-state index contributed by atoms with van der Waals surface area (Å²) in [6.07, 6.45) is 5.34. The lowest BCUT2D eigenvalue weighted by Gasteiger charge is -2.29. The summed E-state index contributed by atoms with van der Waals surface area (Å²) in [6.45, 7) is 7.30. The van der Waals surface area contributed by atoms with Gasteiger partial charge in [0.1, 0.15) is 0 Å². The minimum Gasteiger partial charge on any atom is -0.483 e. The molecular formula is C17H28N4O5S. The molecule has 1 aromatic rings. The molecular weight excluding hydrogens is 372 g/mol. The SMILES string of the molecule is CC(C(=O)N1CCCN(c2nccs2)CC1)N1CCCC1.O=CO.O=CO. The number of carboxylic acid groups (broad SMARTS) is 2. The van der Waals surface area contributed by atoms with Crippen molar-refractivity contribution in [3.05, 3.63) is 11.6 Å². The quantitative estimate of drug-likeness (QED) is 0.724. The summed E-state index contributed by atoms with van der Waals surface area (Å²) < 4.78 is 0. The second kappa shape index (κ2) is 13.0. The highest BCUT2D eigenvalue weighted by atomic mass is 32.1. The summed E-state index contributed by atoms with van der Waals surface area (Å²) in [5, 5.41) is 16.9. The number of carbonyl (C=O) groups excluding carboxylic acids is 1. The Hall–Kier alpha value is -2.20. The molecule has 27 heavy (non-hydrogen) atoms. The van der Waals surface area contributed by atoms with Gasteiger partial charge in [0.15, 0.2) is 5.13 Å². The van der Waals surface area contributed by atoms with E-state index in [9.17, 15) is 4.79 Å². The van der Waals surface area contributed by atoms with E-state index < -0.39 is 0 Å². The minimum atomic E-state index is -0.250. The van der Waals surface area contributed by atoms with Crippen molar-refractivity contribution in [3.63, 3.8) is 0 Å². The number of rotatable bonds is 3. The molecule has 2 aliphatic rings. The molecule has 0 aliphatic carbocycles. The summed E-state index contributed by atoms with van der Waals surface area (Å²) in [7, 11) is 0. The standard InChI is InChI=1S/C15H24N4OS.2CH2O2/c1-13(17-6-2-3-7-17)14(20)18-8-4-9-19(11-10-18)15-16-5-12-21-15;2*2-1-3/h5,12-13H,2-4,6-11H2,1H3;2*1H,(H,2,3). The van der Waals surface area contributed by atoms with Gasteiger partial charge in [0.25, 0.3) is 12.9 Å². The number of nitrogens with zero attached hydrogens (tertiary/aromatic N) is 4. The number of anilines is 1. The third-order valence-electron chi connectivity index (χ3n) is 4.54. The lowest BCUT2D eigenvalue weighted by atomic mass is 10.2. The summed E-state index contributed by atoms with van der Waals surface area (Å²) >= 11 is 1.68. The first-order valence-corrected chi connectivity index (χ1v) is 9.80. The highest BCUT2D eigenvalue weighted by molar-refractivity contribution is 7.13. The number of hydrogen-bond donors (Lipinski definition) is 2. The Labute approximate surface area is 163 Å². The molecule has 2 aliphatic heterocycles. The number of likely N-dealkylation sites (tertiary alicyclic amines) is 1. The lowest BCUT2D eigenvalue weighted by molar-refractivity contribution is -0.135. The summed E-state index contributed by atoms with van der Waals surface area (Å²) in [5.41, 5.74) is 0. The van der Waals surface area contributed by atoms with Crippen molar-refractivity contribution in [3.8, 4) is 0 Å². The van der Waals surface area contributed by atoms with E-state index in [1.54, 1.807) is 11.3 Å². The van der Waals surface area contributed by atoms with E-state index in [1.807, 2.05) is 11.6 Å². The van der Waals surface area contributed by atoms with Crippen LogP contribution >= 0.6 is 11.3 Å². The van der Waals surface area contributed by atoms with Gasteiger partial charge in [-0.2, -0.15) is 0 Å². The molecule has 0 aromatic carbocycles. The third kappa shape index (κ3) is 7.51. The Morgan fingerprint density at radius 3 is 2.26 bits per heavy atom. The van der Waals surface area contributed by atoms with Crippen LogP contribution in [0.3, 0.4) is 0 Å². The maximum Gasteiger partial charge on any atom is 0.290 e. The Kier molecular flexibility index (Phi) is 11.0. The van der Waals surface area contributed by atoms with E-state index >= 15 is 0 Å². The van der Waals surface area contributed by atoms with E-state index in [1.165, 1.54) is 12.8 Å². The smallest absolute Gasteiger partial charge is 0.290 e. The molecule has 0 spiro atoms. The van der Waals surface area contributed by atoms with Crippen LogP contribution in [-0.2, 0) is 14.4 Å². The van der Waals surface area contributed by atoms with Crippen molar-refractivity contribution in [1.82, 2.24) is 14.8 Å². The second-order valence-electron chi connectivity index (χ2n) is 6.11. The predicted molar refractivity (Wildman–Crippen MR) is 103 cm³/mol. The van der Waals surface area contributed by atoms with Crippen molar-refractivity contribution in [2.75, 3.05) is 44.2 Å². The van der Waals surface area contributed by atoms with Gasteiger partial charge >= 0.3 is 0 Å². The minimum absolute atomic E-state index is 0.0407. The highest BCUT2D eigenvalue weighted by Crippen LogP contribution is 2.20. The first-order chi connectivity index (χ1) is 13.1. The van der Waals surface area contributed by atoms with Crippen molar-refractivity contribution in [2.24, 2.45) is 0 Å². The van der Waals surface area contributed by atoms with Crippen molar-refractivity contribution in [2.45, 2.75) is 32.2 Å². The number of hydrogen-bond acceptors (Lipinski definition) is 7. The maximum atomic E-state index is 12.7. The topological polar surface area (TPSA) is 114 Å². The molecule has 9 nitrogen and oxygen atoms in total. The molecule has 0 saturated carbocycles. The molecule has 1 atom stereocenters. The Balaban J connectivity index is 0.000000540. The third-order valence-corrected chi connectivity index (χ3v) is 5.38. The zero-order chi connectivity index (χ0) is 20.1. The van der Waals surface area contributed by atoms with Crippen LogP contribution in [0.2, 0.25) is 0 Å². The number of aromatic nitrogens is 1. The molecule has 2 N–H and O–H groups in total. The van der Waals surface area contributed by atoms with Crippen molar-refractivity contribution < 1.29 is 24.6 Å². The van der Waals surface area contributed by atoms with Crippen LogP contribution in [0, 0.1) is 0 Å². The van der Waals surface area contributed by atoms with E-state index in [0.29, 0.717) is 5.91 Å². The van der Waals surface area contributed by atoms with Gasteiger partial charge in [-0.15, -0.1) is 11.3 Å². The van der Waals surface area contributed by atoms with Crippen LogP contribution in [0.5, 0.6) is 0 Å². The summed E-state index contributed by atoms with van der Waals surface area (Å²) in [5.74, 6) is 0.304. The Bertz CT molecular complexity index is 546. The zero-order valence-corrected chi connectivity index (χ0v) is 16.4. The Morgan fingerprint density at radius 1 is 1.07 bits per heavy atom. The molecule has 2 saturated heterocycles. The molecule has 3 heterocycles. The van der Waals surface area contributed by atoms with Gasteiger partial charge in [0.05, 0.1) is 6.04 Å². The largest absolute Gasteiger partial charge is 0.483 e. The number of amides is 1. The van der Waals surface area contributed by atoms with Gasteiger partial charge in [-0.25, -0.2) is 4.98 Å². The summed E-state index contributed by atoms with van der Waals surface area (Å²) in [4.78, 5) is 40.5. The molecule has 152 valence electrons. The number of thiazole rings is 1. The molecule has 1 unspecified atom stereocenters. The Morgan fingerprint density at radius 2 is 1.70 bits per heavy atom.